The molecule has 4 heteroatoms. The van der Waals surface area contributed by atoms with Crippen molar-refractivity contribution in [2.24, 2.45) is 0 Å². The fourth-order valence-electron chi connectivity index (χ4n) is 1.51. The van der Waals surface area contributed by atoms with Gasteiger partial charge in [-0.1, -0.05) is 0 Å². The van der Waals surface area contributed by atoms with E-state index in [0.717, 1.165) is 10.4 Å². The first kappa shape index (κ1) is 9.68. The van der Waals surface area contributed by atoms with Gasteiger partial charge in [0, 0.05) is 5.39 Å². The molecule has 0 unspecified atom stereocenters. The predicted molar refractivity (Wildman–Crippen MR) is 60.5 cm³/mol. The van der Waals surface area contributed by atoms with Gasteiger partial charge in [-0.25, -0.2) is 4.79 Å². The van der Waals surface area contributed by atoms with Crippen LogP contribution in [-0.4, -0.2) is 13.1 Å². The fourth-order valence-corrected chi connectivity index (χ4v) is 3.96. The van der Waals surface area contributed by atoms with Gasteiger partial charge in [0.2, 0.25) is 0 Å². The highest BCUT2D eigenvalue weighted by Gasteiger charge is 2.17. The summed E-state index contributed by atoms with van der Waals surface area (Å²) in [6, 6.07) is 0. The van der Waals surface area contributed by atoms with Crippen molar-refractivity contribution in [2.45, 2.75) is 13.8 Å². The third kappa shape index (κ3) is 1.26. The second-order valence-electron chi connectivity index (χ2n) is 3.13. The molecule has 0 saturated carbocycles. The molecular formula is C10H10O2S2. The maximum Gasteiger partial charge on any atom is 0.348 e. The lowest BCUT2D eigenvalue weighted by Crippen LogP contribution is -1.99. The molecule has 0 aromatic carbocycles. The first-order valence-corrected chi connectivity index (χ1v) is 5.90. The van der Waals surface area contributed by atoms with Gasteiger partial charge in [0.05, 0.1) is 11.1 Å². The summed E-state index contributed by atoms with van der Waals surface area (Å²) in [6.07, 6.45) is 0. The minimum atomic E-state index is -0.227. The van der Waals surface area contributed by atoms with Gasteiger partial charge in [0.15, 0.2) is 0 Å². The number of hydrogen-bond donors (Lipinski definition) is 0. The molecule has 14 heavy (non-hydrogen) atoms. The lowest BCUT2D eigenvalue weighted by Gasteiger charge is -1.96. The lowest BCUT2D eigenvalue weighted by molar-refractivity contribution is 0.0605. The highest BCUT2D eigenvalue weighted by molar-refractivity contribution is 7.38. The summed E-state index contributed by atoms with van der Waals surface area (Å²) in [5, 5.41) is 3.34. The van der Waals surface area contributed by atoms with Gasteiger partial charge >= 0.3 is 5.97 Å². The van der Waals surface area contributed by atoms with E-state index in [9.17, 15) is 4.79 Å². The van der Waals surface area contributed by atoms with E-state index in [-0.39, 0.29) is 5.97 Å². The van der Waals surface area contributed by atoms with E-state index in [1.54, 1.807) is 11.3 Å². The number of fused-ring (bicyclic) bond motifs is 1. The number of thiophene rings is 2. The third-order valence-electron chi connectivity index (χ3n) is 2.22. The van der Waals surface area contributed by atoms with Crippen LogP contribution in [0.3, 0.4) is 0 Å². The molecule has 0 aliphatic rings. The quantitative estimate of drug-likeness (QED) is 0.697. The predicted octanol–water partition coefficient (Wildman–Crippen LogP) is 3.37. The molecule has 2 nitrogen and oxygen atoms in total. The number of esters is 1. The molecule has 0 N–H and O–H groups in total. The monoisotopic (exact) mass is 226 g/mol. The lowest BCUT2D eigenvalue weighted by atomic mass is 10.1. The Labute approximate surface area is 90.1 Å². The van der Waals surface area contributed by atoms with Crippen LogP contribution in [0.5, 0.6) is 0 Å². The molecule has 0 fully saturated rings. The summed E-state index contributed by atoms with van der Waals surface area (Å²) in [5.41, 5.74) is 2.30. The highest BCUT2D eigenvalue weighted by Crippen LogP contribution is 2.37. The van der Waals surface area contributed by atoms with Gasteiger partial charge in [-0.15, -0.1) is 22.7 Å². The number of methoxy groups -OCH3 is 1. The Kier molecular flexibility index (Phi) is 2.33. The molecular weight excluding hydrogens is 216 g/mol. The van der Waals surface area contributed by atoms with Crippen LogP contribution in [0.15, 0.2) is 5.38 Å². The van der Waals surface area contributed by atoms with Crippen molar-refractivity contribution < 1.29 is 9.53 Å². The molecule has 2 aromatic heterocycles. The summed E-state index contributed by atoms with van der Waals surface area (Å²) < 4.78 is 5.94. The summed E-state index contributed by atoms with van der Waals surface area (Å²) in [6.45, 7) is 4.05. The Hall–Kier alpha value is -0.870. The minimum absolute atomic E-state index is 0.227. The van der Waals surface area contributed by atoms with E-state index in [2.05, 4.69) is 12.3 Å². The molecule has 2 rings (SSSR count). The van der Waals surface area contributed by atoms with E-state index in [0.29, 0.717) is 0 Å². The van der Waals surface area contributed by atoms with Gasteiger partial charge < -0.3 is 4.74 Å². The third-order valence-corrected chi connectivity index (χ3v) is 4.72. The van der Waals surface area contributed by atoms with Crippen LogP contribution in [0.2, 0.25) is 0 Å². The smallest absolute Gasteiger partial charge is 0.348 e. The number of rotatable bonds is 1. The van der Waals surface area contributed by atoms with Crippen molar-refractivity contribution in [3.63, 3.8) is 0 Å². The van der Waals surface area contributed by atoms with Crippen LogP contribution in [0.1, 0.15) is 20.8 Å². The number of carbonyl (C=O) groups excluding carboxylic acids is 1. The van der Waals surface area contributed by atoms with Crippen molar-refractivity contribution in [3.8, 4) is 0 Å². The summed E-state index contributed by atoms with van der Waals surface area (Å²) >= 11 is 3.21. The zero-order valence-corrected chi connectivity index (χ0v) is 9.84. The van der Waals surface area contributed by atoms with Gasteiger partial charge in [0.1, 0.15) is 4.88 Å². The van der Waals surface area contributed by atoms with Gasteiger partial charge in [-0.2, -0.15) is 0 Å². The second kappa shape index (κ2) is 3.37. The van der Waals surface area contributed by atoms with E-state index < -0.39 is 0 Å². The van der Waals surface area contributed by atoms with Crippen molar-refractivity contribution >= 4 is 38.0 Å². The molecule has 0 spiro atoms. The number of ether oxygens (including phenoxy) is 1. The summed E-state index contributed by atoms with van der Waals surface area (Å²) in [7, 11) is 1.42. The maximum atomic E-state index is 11.4. The standard InChI is InChI=1S/C10H10O2S2/c1-5-4-13-10-7(5)6(2)8(14-10)9(11)12-3/h4H,1-3H3. The van der Waals surface area contributed by atoms with E-state index in [1.165, 1.54) is 33.4 Å². The van der Waals surface area contributed by atoms with Gasteiger partial charge in [-0.3, -0.25) is 0 Å². The molecule has 0 saturated heterocycles. The topological polar surface area (TPSA) is 26.3 Å². The average Bonchev–Trinajstić information content (AvgIpc) is 2.68. The fraction of sp³-hybridized carbons (Fsp3) is 0.300. The molecule has 0 amide bonds. The average molecular weight is 226 g/mol. The molecule has 0 bridgehead atoms. The van der Waals surface area contributed by atoms with Crippen LogP contribution >= 0.6 is 22.7 Å². The zero-order valence-electron chi connectivity index (χ0n) is 8.21. The summed E-state index contributed by atoms with van der Waals surface area (Å²) in [5.74, 6) is -0.227. The Morgan fingerprint density at radius 2 is 2.14 bits per heavy atom. The Bertz CT molecular complexity index is 493. The van der Waals surface area contributed by atoms with Gasteiger partial charge in [-0.05, 0) is 30.4 Å². The molecule has 0 aliphatic carbocycles. The van der Waals surface area contributed by atoms with E-state index >= 15 is 0 Å². The Morgan fingerprint density at radius 1 is 1.43 bits per heavy atom. The van der Waals surface area contributed by atoms with Crippen molar-refractivity contribution in [1.29, 1.82) is 0 Å². The molecule has 2 heterocycles. The summed E-state index contributed by atoms with van der Waals surface area (Å²) in [4.78, 5) is 12.1. The van der Waals surface area contributed by atoms with E-state index in [4.69, 9.17) is 4.74 Å². The number of carbonyl (C=O) groups is 1. The van der Waals surface area contributed by atoms with Crippen LogP contribution in [0.25, 0.3) is 9.40 Å². The van der Waals surface area contributed by atoms with Crippen molar-refractivity contribution in [3.05, 3.63) is 21.4 Å². The van der Waals surface area contributed by atoms with Crippen molar-refractivity contribution in [2.75, 3.05) is 7.11 Å². The van der Waals surface area contributed by atoms with Gasteiger partial charge in [0.25, 0.3) is 0 Å². The minimum Gasteiger partial charge on any atom is -0.465 e. The molecule has 0 radical (unpaired) electrons. The largest absolute Gasteiger partial charge is 0.465 e. The van der Waals surface area contributed by atoms with E-state index in [1.807, 2.05) is 6.92 Å². The second-order valence-corrected chi connectivity index (χ2v) is 5.29. The van der Waals surface area contributed by atoms with Crippen molar-refractivity contribution in [1.82, 2.24) is 0 Å². The zero-order chi connectivity index (χ0) is 10.3. The SMILES string of the molecule is COC(=O)c1sc2scc(C)c2c1C. The normalized spacial score (nSPS) is 10.8. The molecule has 74 valence electrons. The number of aryl methyl sites for hydroxylation is 2. The molecule has 0 aliphatic heterocycles. The number of hydrogen-bond acceptors (Lipinski definition) is 4. The maximum absolute atomic E-state index is 11.4. The van der Waals surface area contributed by atoms with Crippen LogP contribution in [0.4, 0.5) is 0 Å². The Balaban J connectivity index is 2.69. The molecule has 2 aromatic rings. The Morgan fingerprint density at radius 3 is 2.71 bits per heavy atom. The van der Waals surface area contributed by atoms with Crippen LogP contribution in [-0.2, 0) is 4.74 Å². The first-order valence-electron chi connectivity index (χ1n) is 4.20. The molecule has 0 atom stereocenters. The first-order chi connectivity index (χ1) is 6.65. The van der Waals surface area contributed by atoms with Crippen LogP contribution < -0.4 is 0 Å². The van der Waals surface area contributed by atoms with Crippen LogP contribution in [0, 0.1) is 13.8 Å². The highest BCUT2D eigenvalue weighted by atomic mass is 32.2.